The summed E-state index contributed by atoms with van der Waals surface area (Å²) in [6.07, 6.45) is 0. The van der Waals surface area contributed by atoms with Gasteiger partial charge in [0.05, 0.1) is 0 Å². The van der Waals surface area contributed by atoms with Crippen molar-refractivity contribution in [3.05, 3.63) is 86.8 Å². The number of anilines is 1. The van der Waals surface area contributed by atoms with E-state index in [1.807, 2.05) is 76.2 Å². The van der Waals surface area contributed by atoms with E-state index in [1.165, 1.54) is 4.57 Å². The zero-order chi connectivity index (χ0) is 23.7. The lowest BCUT2D eigenvalue weighted by molar-refractivity contribution is -0.116. The first-order valence-corrected chi connectivity index (χ1v) is 10.7. The molecular formula is C26H26N4O3. The van der Waals surface area contributed by atoms with Gasteiger partial charge in [0.1, 0.15) is 12.1 Å². The van der Waals surface area contributed by atoms with E-state index in [9.17, 15) is 9.59 Å². The number of pyridine rings is 1. The molecule has 2 aromatic carbocycles. The van der Waals surface area contributed by atoms with Gasteiger partial charge in [0.2, 0.25) is 11.7 Å². The van der Waals surface area contributed by atoms with Crippen molar-refractivity contribution in [2.45, 2.75) is 41.2 Å². The number of benzene rings is 2. The number of hydrogen-bond acceptors (Lipinski definition) is 5. The third-order valence-corrected chi connectivity index (χ3v) is 5.61. The predicted molar refractivity (Wildman–Crippen MR) is 128 cm³/mol. The SMILES string of the molecule is Cc1ccc(-c2noc(-c3c(C)cc(C)n(CC(=O)Nc4ccc(C)cc4C)c3=O)n2)cc1. The lowest BCUT2D eigenvalue weighted by Crippen LogP contribution is -2.30. The molecular weight excluding hydrogens is 416 g/mol. The Bertz CT molecular complexity index is 1400. The molecule has 1 amide bonds. The van der Waals surface area contributed by atoms with Crippen molar-refractivity contribution < 1.29 is 9.32 Å². The van der Waals surface area contributed by atoms with Crippen molar-refractivity contribution in [1.82, 2.24) is 14.7 Å². The third-order valence-electron chi connectivity index (χ3n) is 5.61. The van der Waals surface area contributed by atoms with Crippen LogP contribution in [-0.4, -0.2) is 20.6 Å². The predicted octanol–water partition coefficient (Wildman–Crippen LogP) is 4.75. The van der Waals surface area contributed by atoms with Gasteiger partial charge in [0, 0.05) is 16.9 Å². The lowest BCUT2D eigenvalue weighted by Gasteiger charge is -2.14. The van der Waals surface area contributed by atoms with E-state index < -0.39 is 0 Å². The van der Waals surface area contributed by atoms with E-state index in [0.717, 1.165) is 27.9 Å². The van der Waals surface area contributed by atoms with Gasteiger partial charge < -0.3 is 14.4 Å². The molecule has 4 rings (SSSR count). The van der Waals surface area contributed by atoms with E-state index in [-0.39, 0.29) is 23.9 Å². The van der Waals surface area contributed by atoms with Crippen molar-refractivity contribution in [1.29, 1.82) is 0 Å². The Labute approximate surface area is 192 Å². The highest BCUT2D eigenvalue weighted by atomic mass is 16.5. The molecule has 0 bridgehead atoms. The third kappa shape index (κ3) is 4.62. The second-order valence-corrected chi connectivity index (χ2v) is 8.39. The van der Waals surface area contributed by atoms with E-state index in [1.54, 1.807) is 6.92 Å². The normalized spacial score (nSPS) is 10.9. The Morgan fingerprint density at radius 3 is 2.33 bits per heavy atom. The minimum atomic E-state index is -0.345. The Hall–Kier alpha value is -4.00. The Morgan fingerprint density at radius 1 is 0.939 bits per heavy atom. The molecule has 2 heterocycles. The molecule has 0 atom stereocenters. The van der Waals surface area contributed by atoms with E-state index >= 15 is 0 Å². The summed E-state index contributed by atoms with van der Waals surface area (Å²) in [6.45, 7) is 9.43. The van der Waals surface area contributed by atoms with Crippen LogP contribution in [0.3, 0.4) is 0 Å². The fourth-order valence-electron chi connectivity index (χ4n) is 3.82. The van der Waals surface area contributed by atoms with Gasteiger partial charge in [0.25, 0.3) is 11.4 Å². The van der Waals surface area contributed by atoms with Crippen molar-refractivity contribution in [2.24, 2.45) is 0 Å². The minimum Gasteiger partial charge on any atom is -0.333 e. The van der Waals surface area contributed by atoms with Crippen molar-refractivity contribution in [3.8, 4) is 22.8 Å². The number of rotatable bonds is 5. The van der Waals surface area contributed by atoms with Gasteiger partial charge in [-0.05, 0) is 57.9 Å². The number of aromatic nitrogens is 3. The van der Waals surface area contributed by atoms with Gasteiger partial charge in [0.15, 0.2) is 0 Å². The standard InChI is InChI=1S/C26H26N4O3/c1-15-6-9-20(10-7-15)24-28-25(33-29-24)23-18(4)13-19(5)30(26(23)32)14-22(31)27-21-11-8-16(2)12-17(21)3/h6-13H,14H2,1-5H3,(H,27,31). The zero-order valence-corrected chi connectivity index (χ0v) is 19.4. The van der Waals surface area contributed by atoms with Gasteiger partial charge in [-0.15, -0.1) is 0 Å². The maximum absolute atomic E-state index is 13.4. The maximum atomic E-state index is 13.4. The average Bonchev–Trinajstić information content (AvgIpc) is 3.23. The van der Waals surface area contributed by atoms with Crippen LogP contribution in [0.2, 0.25) is 0 Å². The number of nitrogens with one attached hydrogen (secondary N) is 1. The highest BCUT2D eigenvalue weighted by Crippen LogP contribution is 2.23. The molecule has 1 N–H and O–H groups in total. The summed E-state index contributed by atoms with van der Waals surface area (Å²) in [7, 11) is 0. The molecule has 0 aliphatic carbocycles. The molecule has 7 heteroatoms. The summed E-state index contributed by atoms with van der Waals surface area (Å²) in [4.78, 5) is 30.6. The van der Waals surface area contributed by atoms with Crippen LogP contribution < -0.4 is 10.9 Å². The summed E-state index contributed by atoms with van der Waals surface area (Å²) >= 11 is 0. The van der Waals surface area contributed by atoms with Crippen LogP contribution in [0.15, 0.2) is 57.8 Å². The van der Waals surface area contributed by atoms with Gasteiger partial charge in [-0.2, -0.15) is 4.98 Å². The molecule has 2 aromatic heterocycles. The topological polar surface area (TPSA) is 90.0 Å². The summed E-state index contributed by atoms with van der Waals surface area (Å²) in [5.74, 6) is 0.257. The molecule has 7 nitrogen and oxygen atoms in total. The van der Waals surface area contributed by atoms with Gasteiger partial charge in [-0.25, -0.2) is 0 Å². The smallest absolute Gasteiger partial charge is 0.264 e. The number of carbonyl (C=O) groups excluding carboxylic acids is 1. The van der Waals surface area contributed by atoms with E-state index in [4.69, 9.17) is 4.52 Å². The highest BCUT2D eigenvalue weighted by molar-refractivity contribution is 5.91. The summed E-state index contributed by atoms with van der Waals surface area (Å²) in [5.41, 5.74) is 6.07. The van der Waals surface area contributed by atoms with Crippen LogP contribution in [0.5, 0.6) is 0 Å². The molecule has 33 heavy (non-hydrogen) atoms. The number of hydrogen-bond donors (Lipinski definition) is 1. The molecule has 0 radical (unpaired) electrons. The average molecular weight is 443 g/mol. The molecule has 0 saturated carbocycles. The van der Waals surface area contributed by atoms with Gasteiger partial charge in [-0.3, -0.25) is 9.59 Å². The van der Waals surface area contributed by atoms with Crippen molar-refractivity contribution in [2.75, 3.05) is 5.32 Å². The highest BCUT2D eigenvalue weighted by Gasteiger charge is 2.20. The first-order chi connectivity index (χ1) is 15.7. The minimum absolute atomic E-state index is 0.121. The Morgan fingerprint density at radius 2 is 1.64 bits per heavy atom. The number of aryl methyl sites for hydroxylation is 5. The summed E-state index contributed by atoms with van der Waals surface area (Å²) in [6, 6.07) is 15.4. The Kier molecular flexibility index (Phi) is 5.96. The molecule has 0 fully saturated rings. The van der Waals surface area contributed by atoms with Crippen LogP contribution in [0.25, 0.3) is 22.8 Å². The quantitative estimate of drug-likeness (QED) is 0.482. The molecule has 4 aromatic rings. The van der Waals surface area contributed by atoms with Crippen LogP contribution in [-0.2, 0) is 11.3 Å². The first kappa shape index (κ1) is 22.2. The Balaban J connectivity index is 1.64. The molecule has 0 spiro atoms. The van der Waals surface area contributed by atoms with Crippen molar-refractivity contribution >= 4 is 11.6 Å². The maximum Gasteiger partial charge on any atom is 0.264 e. The van der Waals surface area contributed by atoms with Gasteiger partial charge in [-0.1, -0.05) is 52.7 Å². The molecule has 0 aliphatic heterocycles. The van der Waals surface area contributed by atoms with Crippen LogP contribution in [0.1, 0.15) is 27.9 Å². The lowest BCUT2D eigenvalue weighted by atomic mass is 10.1. The molecule has 0 saturated heterocycles. The second kappa shape index (κ2) is 8.86. The van der Waals surface area contributed by atoms with E-state index in [0.29, 0.717) is 22.6 Å². The van der Waals surface area contributed by atoms with Crippen molar-refractivity contribution in [3.63, 3.8) is 0 Å². The van der Waals surface area contributed by atoms with E-state index in [2.05, 4.69) is 15.5 Å². The van der Waals surface area contributed by atoms with Crippen LogP contribution >= 0.6 is 0 Å². The largest absolute Gasteiger partial charge is 0.333 e. The van der Waals surface area contributed by atoms with Gasteiger partial charge >= 0.3 is 0 Å². The zero-order valence-electron chi connectivity index (χ0n) is 19.4. The fourth-order valence-corrected chi connectivity index (χ4v) is 3.82. The van der Waals surface area contributed by atoms with Crippen LogP contribution in [0, 0.1) is 34.6 Å². The number of carbonyl (C=O) groups is 1. The first-order valence-electron chi connectivity index (χ1n) is 10.7. The molecule has 0 aliphatic rings. The number of nitrogens with zero attached hydrogens (tertiary/aromatic N) is 3. The summed E-state index contributed by atoms with van der Waals surface area (Å²) < 4.78 is 6.87. The fraction of sp³-hybridized carbons (Fsp3) is 0.231. The monoisotopic (exact) mass is 442 g/mol. The molecule has 168 valence electrons. The van der Waals surface area contributed by atoms with Crippen LogP contribution in [0.4, 0.5) is 5.69 Å². The molecule has 0 unspecified atom stereocenters. The summed E-state index contributed by atoms with van der Waals surface area (Å²) in [5, 5.41) is 6.94. The number of amides is 1. The second-order valence-electron chi connectivity index (χ2n) is 8.39.